The number of carbonyl (C=O) groups is 1. The fraction of sp³-hybridized carbons (Fsp3) is 0.188. The van der Waals surface area contributed by atoms with Gasteiger partial charge in [0.25, 0.3) is 0 Å². The summed E-state index contributed by atoms with van der Waals surface area (Å²) in [6.07, 6.45) is -0.0311. The van der Waals surface area contributed by atoms with Crippen LogP contribution >= 0.6 is 11.6 Å². The Morgan fingerprint density at radius 1 is 1.14 bits per heavy atom. The second-order valence-electron chi connectivity index (χ2n) is 4.53. The Morgan fingerprint density at radius 3 is 2.50 bits per heavy atom. The Hall–Kier alpha value is -2.27. The first-order valence-corrected chi connectivity index (χ1v) is 6.87. The summed E-state index contributed by atoms with van der Waals surface area (Å²) in [5.41, 5.74) is 0.913. The predicted molar refractivity (Wildman–Crippen MR) is 83.3 cm³/mol. The Kier molecular flexibility index (Phi) is 5.22. The summed E-state index contributed by atoms with van der Waals surface area (Å²) in [4.78, 5) is 12.2. The maximum Gasteiger partial charge on any atom is 0.229 e. The van der Waals surface area contributed by atoms with E-state index in [4.69, 9.17) is 21.1 Å². The third kappa shape index (κ3) is 3.89. The van der Waals surface area contributed by atoms with Crippen LogP contribution in [0.15, 0.2) is 36.4 Å². The van der Waals surface area contributed by atoms with Crippen molar-refractivity contribution in [2.24, 2.45) is 0 Å². The van der Waals surface area contributed by atoms with Crippen molar-refractivity contribution < 1.29 is 18.7 Å². The SMILES string of the molecule is COc1ccc(F)cc1CC(=O)Nc1cc(Cl)ccc1OC. The molecular weight excluding hydrogens is 309 g/mol. The number of methoxy groups -OCH3 is 2. The highest BCUT2D eigenvalue weighted by atomic mass is 35.5. The first-order chi connectivity index (χ1) is 10.5. The third-order valence-corrected chi connectivity index (χ3v) is 3.26. The Bertz CT molecular complexity index is 634. The lowest BCUT2D eigenvalue weighted by molar-refractivity contribution is -0.115. The van der Waals surface area contributed by atoms with Gasteiger partial charge in [-0.3, -0.25) is 4.79 Å². The summed E-state index contributed by atoms with van der Waals surface area (Å²) in [6, 6.07) is 8.93. The van der Waals surface area contributed by atoms with Crippen LogP contribution in [0, 0.1) is 5.82 Å². The number of amides is 1. The van der Waals surface area contributed by atoms with Gasteiger partial charge in [0.1, 0.15) is 17.3 Å². The Morgan fingerprint density at radius 2 is 1.82 bits per heavy atom. The predicted octanol–water partition coefficient (Wildman–Crippen LogP) is 3.68. The van der Waals surface area contributed by atoms with E-state index in [9.17, 15) is 9.18 Å². The molecule has 0 heterocycles. The number of rotatable bonds is 5. The minimum absolute atomic E-state index is 0.0311. The van der Waals surface area contributed by atoms with Crippen molar-refractivity contribution in [1.29, 1.82) is 0 Å². The first-order valence-electron chi connectivity index (χ1n) is 6.49. The molecule has 22 heavy (non-hydrogen) atoms. The summed E-state index contributed by atoms with van der Waals surface area (Å²) in [5, 5.41) is 3.17. The maximum absolute atomic E-state index is 13.3. The van der Waals surface area contributed by atoms with Crippen LogP contribution in [0.3, 0.4) is 0 Å². The summed E-state index contributed by atoms with van der Waals surface area (Å²) >= 11 is 5.91. The van der Waals surface area contributed by atoms with E-state index in [0.717, 1.165) is 0 Å². The van der Waals surface area contributed by atoms with Gasteiger partial charge in [0.15, 0.2) is 0 Å². The molecule has 6 heteroatoms. The van der Waals surface area contributed by atoms with Gasteiger partial charge in [0.05, 0.1) is 26.3 Å². The number of hydrogen-bond donors (Lipinski definition) is 1. The van der Waals surface area contributed by atoms with Gasteiger partial charge < -0.3 is 14.8 Å². The average molecular weight is 324 g/mol. The lowest BCUT2D eigenvalue weighted by Gasteiger charge is -2.12. The molecule has 0 spiro atoms. The quantitative estimate of drug-likeness (QED) is 0.913. The largest absolute Gasteiger partial charge is 0.496 e. The number of halogens is 2. The van der Waals surface area contributed by atoms with Crippen LogP contribution in [-0.2, 0) is 11.2 Å². The van der Waals surface area contributed by atoms with Crippen molar-refractivity contribution in [2.75, 3.05) is 19.5 Å². The zero-order chi connectivity index (χ0) is 16.1. The molecule has 0 bridgehead atoms. The molecule has 2 aromatic carbocycles. The zero-order valence-corrected chi connectivity index (χ0v) is 12.9. The molecule has 0 unspecified atom stereocenters. The van der Waals surface area contributed by atoms with Crippen LogP contribution in [0.4, 0.5) is 10.1 Å². The van der Waals surface area contributed by atoms with Gasteiger partial charge in [0, 0.05) is 10.6 Å². The summed E-state index contributed by atoms with van der Waals surface area (Å²) in [5.74, 6) is 0.187. The standard InChI is InChI=1S/C16H15ClFNO3/c1-21-14-6-4-12(18)7-10(14)8-16(20)19-13-9-11(17)3-5-15(13)22-2/h3-7,9H,8H2,1-2H3,(H,19,20). The van der Waals surface area contributed by atoms with E-state index in [1.807, 2.05) is 0 Å². The molecule has 1 amide bonds. The number of anilines is 1. The molecule has 0 saturated carbocycles. The van der Waals surface area contributed by atoms with Gasteiger partial charge in [-0.1, -0.05) is 11.6 Å². The first kappa shape index (κ1) is 16.1. The molecule has 2 rings (SSSR count). The summed E-state index contributed by atoms with van der Waals surface area (Å²) in [7, 11) is 2.96. The molecule has 0 aliphatic rings. The lowest BCUT2D eigenvalue weighted by atomic mass is 10.1. The summed E-state index contributed by atoms with van der Waals surface area (Å²) in [6.45, 7) is 0. The van der Waals surface area contributed by atoms with E-state index < -0.39 is 5.82 Å². The topological polar surface area (TPSA) is 47.6 Å². The number of hydrogen-bond acceptors (Lipinski definition) is 3. The van der Waals surface area contributed by atoms with E-state index in [0.29, 0.717) is 27.8 Å². The second-order valence-corrected chi connectivity index (χ2v) is 4.96. The van der Waals surface area contributed by atoms with Crippen LogP contribution in [0.25, 0.3) is 0 Å². The molecule has 116 valence electrons. The monoisotopic (exact) mass is 323 g/mol. The minimum atomic E-state index is -0.427. The van der Waals surface area contributed by atoms with Gasteiger partial charge in [-0.15, -0.1) is 0 Å². The average Bonchev–Trinajstić information content (AvgIpc) is 2.47. The highest BCUT2D eigenvalue weighted by Crippen LogP contribution is 2.28. The van der Waals surface area contributed by atoms with Crippen LogP contribution < -0.4 is 14.8 Å². The van der Waals surface area contributed by atoms with Crippen molar-refractivity contribution in [3.05, 3.63) is 52.8 Å². The number of carbonyl (C=O) groups excluding carboxylic acids is 1. The van der Waals surface area contributed by atoms with Gasteiger partial charge in [-0.25, -0.2) is 4.39 Å². The van der Waals surface area contributed by atoms with Crippen LogP contribution in [0.5, 0.6) is 11.5 Å². The molecule has 2 aromatic rings. The van der Waals surface area contributed by atoms with E-state index in [-0.39, 0.29) is 12.3 Å². The maximum atomic E-state index is 13.3. The van der Waals surface area contributed by atoms with Crippen LogP contribution in [-0.4, -0.2) is 20.1 Å². The van der Waals surface area contributed by atoms with E-state index in [1.54, 1.807) is 18.2 Å². The molecule has 0 saturated heterocycles. The van der Waals surface area contributed by atoms with Crippen molar-refractivity contribution in [3.63, 3.8) is 0 Å². The molecule has 4 nitrogen and oxygen atoms in total. The van der Waals surface area contributed by atoms with Gasteiger partial charge in [-0.2, -0.15) is 0 Å². The molecule has 0 fully saturated rings. The zero-order valence-electron chi connectivity index (χ0n) is 12.2. The second kappa shape index (κ2) is 7.13. The highest BCUT2D eigenvalue weighted by molar-refractivity contribution is 6.31. The fourth-order valence-corrected chi connectivity index (χ4v) is 2.20. The number of nitrogens with one attached hydrogen (secondary N) is 1. The van der Waals surface area contributed by atoms with Gasteiger partial charge in [-0.05, 0) is 36.4 Å². The minimum Gasteiger partial charge on any atom is -0.496 e. The summed E-state index contributed by atoms with van der Waals surface area (Å²) < 4.78 is 23.6. The Labute approximate surface area is 132 Å². The number of benzene rings is 2. The molecular formula is C16H15ClFNO3. The van der Waals surface area contributed by atoms with E-state index in [2.05, 4.69) is 5.32 Å². The molecule has 0 aromatic heterocycles. The number of ether oxygens (including phenoxy) is 2. The molecule has 0 radical (unpaired) electrons. The van der Waals surface area contributed by atoms with Crippen LogP contribution in [0.2, 0.25) is 5.02 Å². The molecule has 0 aliphatic carbocycles. The normalized spacial score (nSPS) is 10.2. The van der Waals surface area contributed by atoms with Crippen molar-refractivity contribution in [1.82, 2.24) is 0 Å². The fourth-order valence-electron chi connectivity index (χ4n) is 2.03. The molecule has 1 N–H and O–H groups in total. The molecule has 0 atom stereocenters. The highest BCUT2D eigenvalue weighted by Gasteiger charge is 2.12. The van der Waals surface area contributed by atoms with Crippen molar-refractivity contribution >= 4 is 23.2 Å². The third-order valence-electron chi connectivity index (χ3n) is 3.03. The van der Waals surface area contributed by atoms with Crippen molar-refractivity contribution in [3.8, 4) is 11.5 Å². The molecule has 0 aliphatic heterocycles. The Balaban J connectivity index is 2.17. The van der Waals surface area contributed by atoms with E-state index in [1.165, 1.54) is 32.4 Å². The van der Waals surface area contributed by atoms with Crippen LogP contribution in [0.1, 0.15) is 5.56 Å². The van der Waals surface area contributed by atoms with Gasteiger partial charge in [0.2, 0.25) is 5.91 Å². The lowest BCUT2D eigenvalue weighted by Crippen LogP contribution is -2.15. The van der Waals surface area contributed by atoms with Crippen molar-refractivity contribution in [2.45, 2.75) is 6.42 Å². The smallest absolute Gasteiger partial charge is 0.229 e. The van der Waals surface area contributed by atoms with E-state index >= 15 is 0 Å². The van der Waals surface area contributed by atoms with Gasteiger partial charge >= 0.3 is 0 Å².